The van der Waals surface area contributed by atoms with Crippen LogP contribution in [-0.4, -0.2) is 10.6 Å². The van der Waals surface area contributed by atoms with E-state index in [2.05, 4.69) is 44.9 Å². The third-order valence-electron chi connectivity index (χ3n) is 3.59. The second kappa shape index (κ2) is 9.31. The minimum atomic E-state index is -0.184. The molecule has 0 saturated carbocycles. The maximum Gasteiger partial charge on any atom is 0.140 e. The van der Waals surface area contributed by atoms with Crippen molar-refractivity contribution in [1.82, 2.24) is 0 Å². The van der Waals surface area contributed by atoms with Crippen molar-refractivity contribution in [1.29, 1.82) is 0 Å². The summed E-state index contributed by atoms with van der Waals surface area (Å²) in [6.45, 7) is 12.3. The maximum absolute atomic E-state index is 9.02. The highest BCUT2D eigenvalue weighted by Crippen LogP contribution is 2.24. The van der Waals surface area contributed by atoms with E-state index in [-0.39, 0.29) is 11.0 Å². The van der Waals surface area contributed by atoms with Gasteiger partial charge in [-0.1, -0.05) is 51.0 Å². The Kier molecular flexibility index (Phi) is 7.74. The van der Waals surface area contributed by atoms with Gasteiger partial charge in [0.2, 0.25) is 0 Å². The molecule has 2 aromatic carbocycles. The van der Waals surface area contributed by atoms with E-state index in [1.807, 2.05) is 38.1 Å². The highest BCUT2D eigenvalue weighted by atomic mass is 16.5. The first kappa shape index (κ1) is 21.6. The number of rotatable bonds is 3. The predicted octanol–water partition coefficient (Wildman–Crippen LogP) is 5.02. The Morgan fingerprint density at radius 1 is 0.923 bits per heavy atom. The molecule has 0 heterocycles. The van der Waals surface area contributed by atoms with E-state index in [4.69, 9.17) is 15.6 Å². The van der Waals surface area contributed by atoms with Crippen LogP contribution in [0.3, 0.4) is 0 Å². The molecule has 140 valence electrons. The van der Waals surface area contributed by atoms with Crippen molar-refractivity contribution in [3.63, 3.8) is 0 Å². The molecule has 26 heavy (non-hydrogen) atoms. The zero-order chi connectivity index (χ0) is 19.8. The van der Waals surface area contributed by atoms with Crippen LogP contribution in [0.25, 0.3) is 0 Å². The van der Waals surface area contributed by atoms with Gasteiger partial charge in [0.1, 0.15) is 17.6 Å². The molecule has 0 spiro atoms. The SMILES string of the molecule is CC#COc1ccc(C(C)(C)C)cc1.CC(C)(N)Cc1ccc(O)cc1. The molecule has 0 aliphatic heterocycles. The van der Waals surface area contributed by atoms with Gasteiger partial charge in [-0.3, -0.25) is 0 Å². The summed E-state index contributed by atoms with van der Waals surface area (Å²) in [5.41, 5.74) is 8.30. The van der Waals surface area contributed by atoms with E-state index in [1.165, 1.54) is 5.56 Å². The fourth-order valence-electron chi connectivity index (χ4n) is 2.27. The summed E-state index contributed by atoms with van der Waals surface area (Å²) >= 11 is 0. The zero-order valence-corrected chi connectivity index (χ0v) is 16.8. The van der Waals surface area contributed by atoms with E-state index in [1.54, 1.807) is 19.1 Å². The first-order valence-electron chi connectivity index (χ1n) is 8.77. The molecule has 0 fully saturated rings. The molecule has 3 nitrogen and oxygen atoms in total. The standard InChI is InChI=1S/C13H16O.C10H15NO/c1-5-10-14-12-8-6-11(7-9-12)13(2,3)4;1-10(2,11)7-8-3-5-9(12)6-4-8/h6-9H,1-4H3;3-6,12H,7,11H2,1-2H3. The Morgan fingerprint density at radius 2 is 1.46 bits per heavy atom. The molecule has 2 rings (SSSR count). The molecule has 0 unspecified atom stereocenters. The van der Waals surface area contributed by atoms with Crippen molar-refractivity contribution < 1.29 is 9.84 Å². The van der Waals surface area contributed by atoms with Gasteiger partial charge < -0.3 is 15.6 Å². The fraction of sp³-hybridized carbons (Fsp3) is 0.391. The molecule has 0 aliphatic rings. The van der Waals surface area contributed by atoms with E-state index >= 15 is 0 Å². The highest BCUT2D eigenvalue weighted by molar-refractivity contribution is 5.32. The quantitative estimate of drug-likeness (QED) is 0.762. The third-order valence-corrected chi connectivity index (χ3v) is 3.59. The first-order valence-corrected chi connectivity index (χ1v) is 8.77. The van der Waals surface area contributed by atoms with E-state index in [0.29, 0.717) is 5.75 Å². The summed E-state index contributed by atoms with van der Waals surface area (Å²) in [6, 6.07) is 15.2. The van der Waals surface area contributed by atoms with Crippen LogP contribution in [0.2, 0.25) is 0 Å². The third kappa shape index (κ3) is 8.60. The fourth-order valence-corrected chi connectivity index (χ4v) is 2.27. The Bertz CT molecular complexity index is 721. The summed E-state index contributed by atoms with van der Waals surface area (Å²) in [5, 5.41) is 9.02. The Labute approximate surface area is 158 Å². The van der Waals surface area contributed by atoms with Crippen molar-refractivity contribution in [3.8, 4) is 23.5 Å². The molecule has 0 atom stereocenters. The van der Waals surface area contributed by atoms with Gasteiger partial charge in [0, 0.05) is 12.5 Å². The van der Waals surface area contributed by atoms with E-state index in [0.717, 1.165) is 17.7 Å². The summed E-state index contributed by atoms with van der Waals surface area (Å²) in [6.07, 6.45) is 3.40. The molecule has 0 amide bonds. The molecule has 0 saturated heterocycles. The summed E-state index contributed by atoms with van der Waals surface area (Å²) in [5.74, 6) is 3.79. The Hall–Kier alpha value is -2.44. The minimum absolute atomic E-state index is 0.184. The van der Waals surface area contributed by atoms with Crippen LogP contribution in [0.1, 0.15) is 52.7 Å². The van der Waals surface area contributed by atoms with Crippen molar-refractivity contribution >= 4 is 0 Å². The first-order chi connectivity index (χ1) is 12.0. The number of phenolic OH excluding ortho intramolecular Hbond substituents is 1. The lowest BCUT2D eigenvalue weighted by Gasteiger charge is -2.18. The number of benzene rings is 2. The molecule has 0 aliphatic carbocycles. The second-order valence-corrected chi connectivity index (χ2v) is 8.06. The molecular formula is C23H31NO2. The van der Waals surface area contributed by atoms with Crippen LogP contribution >= 0.6 is 0 Å². The van der Waals surface area contributed by atoms with Gasteiger partial charge in [-0.05, 0) is 61.1 Å². The lowest BCUT2D eigenvalue weighted by atomic mass is 9.87. The molecule has 0 aromatic heterocycles. The lowest BCUT2D eigenvalue weighted by molar-refractivity contribution is 0.473. The Balaban J connectivity index is 0.000000263. The van der Waals surface area contributed by atoms with Gasteiger partial charge >= 0.3 is 0 Å². The van der Waals surface area contributed by atoms with Gasteiger partial charge in [-0.25, -0.2) is 0 Å². The van der Waals surface area contributed by atoms with Crippen molar-refractivity contribution in [2.24, 2.45) is 5.73 Å². The van der Waals surface area contributed by atoms with Crippen molar-refractivity contribution in [2.45, 2.75) is 58.9 Å². The largest absolute Gasteiger partial charge is 0.508 e. The van der Waals surface area contributed by atoms with Gasteiger partial charge in [-0.15, -0.1) is 0 Å². The molecule has 0 bridgehead atoms. The number of aromatic hydroxyl groups is 1. The van der Waals surface area contributed by atoms with Crippen LogP contribution in [0.15, 0.2) is 48.5 Å². The number of nitrogens with two attached hydrogens (primary N) is 1. The van der Waals surface area contributed by atoms with Crippen molar-refractivity contribution in [3.05, 3.63) is 59.7 Å². The normalized spacial score (nSPS) is 10.9. The summed E-state index contributed by atoms with van der Waals surface area (Å²) < 4.78 is 5.16. The number of phenols is 1. The van der Waals surface area contributed by atoms with Crippen LogP contribution in [0, 0.1) is 12.0 Å². The number of hydrogen-bond acceptors (Lipinski definition) is 3. The molecular weight excluding hydrogens is 322 g/mol. The zero-order valence-electron chi connectivity index (χ0n) is 16.8. The van der Waals surface area contributed by atoms with Gasteiger partial charge in [0.25, 0.3) is 0 Å². The van der Waals surface area contributed by atoms with Gasteiger partial charge in [0.05, 0.1) is 0 Å². The topological polar surface area (TPSA) is 55.5 Å². The van der Waals surface area contributed by atoms with Crippen LogP contribution < -0.4 is 10.5 Å². The lowest BCUT2D eigenvalue weighted by Crippen LogP contribution is -2.34. The average molecular weight is 354 g/mol. The molecule has 0 radical (unpaired) electrons. The molecule has 3 heteroatoms. The van der Waals surface area contributed by atoms with E-state index < -0.39 is 0 Å². The van der Waals surface area contributed by atoms with Crippen molar-refractivity contribution in [2.75, 3.05) is 0 Å². The smallest absolute Gasteiger partial charge is 0.140 e. The molecule has 2 aromatic rings. The summed E-state index contributed by atoms with van der Waals surface area (Å²) in [7, 11) is 0. The maximum atomic E-state index is 9.02. The predicted molar refractivity (Wildman–Crippen MR) is 109 cm³/mol. The average Bonchev–Trinajstić information content (AvgIpc) is 2.54. The van der Waals surface area contributed by atoms with Crippen LogP contribution in [-0.2, 0) is 11.8 Å². The second-order valence-electron chi connectivity index (χ2n) is 8.06. The minimum Gasteiger partial charge on any atom is -0.508 e. The monoisotopic (exact) mass is 353 g/mol. The van der Waals surface area contributed by atoms with Crippen LogP contribution in [0.4, 0.5) is 0 Å². The highest BCUT2D eigenvalue weighted by Gasteiger charge is 2.12. The number of ether oxygens (including phenoxy) is 1. The van der Waals surface area contributed by atoms with E-state index in [9.17, 15) is 0 Å². The van der Waals surface area contributed by atoms with Gasteiger partial charge in [0.15, 0.2) is 0 Å². The molecule has 3 N–H and O–H groups in total. The Morgan fingerprint density at radius 3 is 1.88 bits per heavy atom. The van der Waals surface area contributed by atoms with Crippen LogP contribution in [0.5, 0.6) is 11.5 Å². The number of hydrogen-bond donors (Lipinski definition) is 2. The summed E-state index contributed by atoms with van der Waals surface area (Å²) in [4.78, 5) is 0. The van der Waals surface area contributed by atoms with Gasteiger partial charge in [-0.2, -0.15) is 0 Å².